The fourth-order valence-corrected chi connectivity index (χ4v) is 3.08. The second-order valence-electron chi connectivity index (χ2n) is 6.74. The van der Waals surface area contributed by atoms with Crippen molar-refractivity contribution in [2.75, 3.05) is 26.7 Å². The zero-order chi connectivity index (χ0) is 12.9. The van der Waals surface area contributed by atoms with Crippen LogP contribution in [-0.4, -0.2) is 37.6 Å². The van der Waals surface area contributed by atoms with E-state index in [0.717, 1.165) is 5.92 Å². The number of nitrogens with one attached hydrogen (secondary N) is 1. The Morgan fingerprint density at radius 1 is 1.35 bits per heavy atom. The summed E-state index contributed by atoms with van der Waals surface area (Å²) in [4.78, 5) is 2.66. The molecule has 1 aliphatic heterocycles. The van der Waals surface area contributed by atoms with Crippen LogP contribution in [0.2, 0.25) is 0 Å². The Kier molecular flexibility index (Phi) is 5.94. The van der Waals surface area contributed by atoms with Crippen LogP contribution in [0.3, 0.4) is 0 Å². The molecular formula is C15H32N2. The number of likely N-dealkylation sites (tertiary alicyclic amines) is 1. The summed E-state index contributed by atoms with van der Waals surface area (Å²) in [6, 6.07) is 0.632. The van der Waals surface area contributed by atoms with Crippen LogP contribution in [0.25, 0.3) is 0 Å². The van der Waals surface area contributed by atoms with Crippen LogP contribution in [0.5, 0.6) is 0 Å². The quantitative estimate of drug-likeness (QED) is 0.767. The van der Waals surface area contributed by atoms with Crippen molar-refractivity contribution in [1.29, 1.82) is 0 Å². The second-order valence-corrected chi connectivity index (χ2v) is 6.74. The zero-order valence-electron chi connectivity index (χ0n) is 12.6. The van der Waals surface area contributed by atoms with Crippen LogP contribution in [0.15, 0.2) is 0 Å². The predicted octanol–water partition coefficient (Wildman–Crippen LogP) is 3.13. The minimum Gasteiger partial charge on any atom is -0.316 e. The summed E-state index contributed by atoms with van der Waals surface area (Å²) >= 11 is 0. The summed E-state index contributed by atoms with van der Waals surface area (Å²) in [6.45, 7) is 13.2. The first-order valence-electron chi connectivity index (χ1n) is 7.37. The summed E-state index contributed by atoms with van der Waals surface area (Å²) in [6.07, 6.45) is 5.47. The van der Waals surface area contributed by atoms with E-state index in [-0.39, 0.29) is 0 Å². The summed E-state index contributed by atoms with van der Waals surface area (Å²) < 4.78 is 0. The van der Waals surface area contributed by atoms with Gasteiger partial charge in [-0.3, -0.25) is 0 Å². The third-order valence-corrected chi connectivity index (χ3v) is 4.19. The Balaban J connectivity index is 2.27. The molecule has 1 N–H and O–H groups in total. The summed E-state index contributed by atoms with van der Waals surface area (Å²) in [5, 5.41) is 3.48. The monoisotopic (exact) mass is 240 g/mol. The van der Waals surface area contributed by atoms with Crippen LogP contribution in [0.4, 0.5) is 0 Å². The van der Waals surface area contributed by atoms with Crippen molar-refractivity contribution in [2.24, 2.45) is 11.3 Å². The van der Waals surface area contributed by atoms with Crippen LogP contribution >= 0.6 is 0 Å². The SMILES string of the molecule is CCCC1CCN(CCC(NC)C(C)(C)C)C1. The van der Waals surface area contributed by atoms with Gasteiger partial charge in [0.25, 0.3) is 0 Å². The molecule has 0 saturated carbocycles. The minimum absolute atomic E-state index is 0.372. The number of hydrogen-bond acceptors (Lipinski definition) is 2. The summed E-state index contributed by atoms with van der Waals surface area (Å²) in [5.41, 5.74) is 0.372. The van der Waals surface area contributed by atoms with E-state index in [1.165, 1.54) is 45.3 Å². The van der Waals surface area contributed by atoms with Gasteiger partial charge < -0.3 is 10.2 Å². The van der Waals surface area contributed by atoms with E-state index in [0.29, 0.717) is 11.5 Å². The lowest BCUT2D eigenvalue weighted by atomic mass is 9.85. The van der Waals surface area contributed by atoms with Crippen LogP contribution in [0, 0.1) is 11.3 Å². The standard InChI is InChI=1S/C15H32N2/c1-6-7-13-8-10-17(12-13)11-9-14(16-5)15(2,3)4/h13-14,16H,6-12H2,1-5H3. The Labute approximate surface area is 108 Å². The highest BCUT2D eigenvalue weighted by Gasteiger charge is 2.26. The molecule has 1 saturated heterocycles. The smallest absolute Gasteiger partial charge is 0.0125 e. The second kappa shape index (κ2) is 6.75. The first-order chi connectivity index (χ1) is 7.97. The van der Waals surface area contributed by atoms with Crippen molar-refractivity contribution >= 4 is 0 Å². The first-order valence-corrected chi connectivity index (χ1v) is 7.37. The summed E-state index contributed by atoms with van der Waals surface area (Å²) in [7, 11) is 2.10. The molecule has 1 heterocycles. The van der Waals surface area contributed by atoms with Crippen molar-refractivity contribution in [3.8, 4) is 0 Å². The Morgan fingerprint density at radius 3 is 2.59 bits per heavy atom. The highest BCUT2D eigenvalue weighted by molar-refractivity contribution is 4.82. The molecule has 1 fully saturated rings. The molecule has 0 radical (unpaired) electrons. The van der Waals surface area contributed by atoms with E-state index in [1.807, 2.05) is 0 Å². The molecule has 0 spiro atoms. The normalized spacial score (nSPS) is 24.2. The van der Waals surface area contributed by atoms with E-state index < -0.39 is 0 Å². The van der Waals surface area contributed by atoms with Crippen LogP contribution in [0.1, 0.15) is 53.4 Å². The predicted molar refractivity (Wildman–Crippen MR) is 76.4 cm³/mol. The van der Waals surface area contributed by atoms with Gasteiger partial charge in [-0.25, -0.2) is 0 Å². The molecule has 0 bridgehead atoms. The van der Waals surface area contributed by atoms with Gasteiger partial charge in [-0.2, -0.15) is 0 Å². The van der Waals surface area contributed by atoms with Gasteiger partial charge in [0.2, 0.25) is 0 Å². The van der Waals surface area contributed by atoms with E-state index in [2.05, 4.69) is 45.0 Å². The Morgan fingerprint density at radius 2 is 2.06 bits per heavy atom. The van der Waals surface area contributed by atoms with Gasteiger partial charge in [0, 0.05) is 12.6 Å². The van der Waals surface area contributed by atoms with Crippen molar-refractivity contribution < 1.29 is 0 Å². The van der Waals surface area contributed by atoms with Gasteiger partial charge in [-0.05, 0) is 50.7 Å². The highest BCUT2D eigenvalue weighted by Crippen LogP contribution is 2.24. The number of rotatable bonds is 6. The van der Waals surface area contributed by atoms with Crippen molar-refractivity contribution in [3.05, 3.63) is 0 Å². The molecule has 2 unspecified atom stereocenters. The molecule has 1 aliphatic rings. The highest BCUT2D eigenvalue weighted by atomic mass is 15.1. The van der Waals surface area contributed by atoms with Crippen molar-refractivity contribution in [1.82, 2.24) is 10.2 Å². The first kappa shape index (κ1) is 15.0. The molecule has 2 nitrogen and oxygen atoms in total. The lowest BCUT2D eigenvalue weighted by molar-refractivity contribution is 0.226. The maximum absolute atomic E-state index is 3.48. The minimum atomic E-state index is 0.372. The third-order valence-electron chi connectivity index (χ3n) is 4.19. The molecule has 0 aromatic rings. The fourth-order valence-electron chi connectivity index (χ4n) is 3.08. The maximum Gasteiger partial charge on any atom is 0.0125 e. The van der Waals surface area contributed by atoms with E-state index >= 15 is 0 Å². The molecule has 2 heteroatoms. The average molecular weight is 240 g/mol. The molecule has 0 aliphatic carbocycles. The van der Waals surface area contributed by atoms with E-state index in [9.17, 15) is 0 Å². The Bertz CT molecular complexity index is 207. The average Bonchev–Trinajstić information content (AvgIpc) is 2.65. The molecule has 0 amide bonds. The van der Waals surface area contributed by atoms with Gasteiger partial charge in [0.1, 0.15) is 0 Å². The van der Waals surface area contributed by atoms with E-state index in [1.54, 1.807) is 0 Å². The van der Waals surface area contributed by atoms with Crippen LogP contribution < -0.4 is 5.32 Å². The molecule has 17 heavy (non-hydrogen) atoms. The largest absolute Gasteiger partial charge is 0.316 e. The zero-order valence-corrected chi connectivity index (χ0v) is 12.6. The molecule has 2 atom stereocenters. The lowest BCUT2D eigenvalue weighted by Gasteiger charge is -2.32. The fraction of sp³-hybridized carbons (Fsp3) is 1.00. The van der Waals surface area contributed by atoms with E-state index in [4.69, 9.17) is 0 Å². The Hall–Kier alpha value is -0.0800. The number of nitrogens with zero attached hydrogens (tertiary/aromatic N) is 1. The van der Waals surface area contributed by atoms with Gasteiger partial charge in [-0.1, -0.05) is 34.1 Å². The van der Waals surface area contributed by atoms with Crippen molar-refractivity contribution in [3.63, 3.8) is 0 Å². The maximum atomic E-state index is 3.48. The molecule has 1 rings (SSSR count). The van der Waals surface area contributed by atoms with Crippen molar-refractivity contribution in [2.45, 2.75) is 59.4 Å². The number of hydrogen-bond donors (Lipinski definition) is 1. The molecular weight excluding hydrogens is 208 g/mol. The topological polar surface area (TPSA) is 15.3 Å². The van der Waals surface area contributed by atoms with Gasteiger partial charge in [-0.15, -0.1) is 0 Å². The third kappa shape index (κ3) is 4.97. The van der Waals surface area contributed by atoms with Gasteiger partial charge in [0.15, 0.2) is 0 Å². The summed E-state index contributed by atoms with van der Waals surface area (Å²) in [5.74, 6) is 0.975. The van der Waals surface area contributed by atoms with Crippen LogP contribution in [-0.2, 0) is 0 Å². The molecule has 0 aromatic heterocycles. The lowest BCUT2D eigenvalue weighted by Crippen LogP contribution is -2.40. The van der Waals surface area contributed by atoms with Gasteiger partial charge in [0.05, 0.1) is 0 Å². The molecule has 102 valence electrons. The van der Waals surface area contributed by atoms with Gasteiger partial charge >= 0.3 is 0 Å². The molecule has 0 aromatic carbocycles.